The van der Waals surface area contributed by atoms with Gasteiger partial charge >= 0.3 is 5.97 Å². The number of likely N-dealkylation sites (tertiary alicyclic amines) is 1. The molecule has 0 spiro atoms. The molecule has 0 aliphatic carbocycles. The van der Waals surface area contributed by atoms with Crippen LogP contribution in [0.25, 0.3) is 5.65 Å². The van der Waals surface area contributed by atoms with E-state index in [0.29, 0.717) is 17.9 Å². The molecule has 2 aromatic heterocycles. The number of hydrogen-bond donors (Lipinski definition) is 1. The first kappa shape index (κ1) is 16.3. The summed E-state index contributed by atoms with van der Waals surface area (Å²) in [4.78, 5) is 30.6. The van der Waals surface area contributed by atoms with Crippen molar-refractivity contribution in [3.8, 4) is 0 Å². The van der Waals surface area contributed by atoms with E-state index in [1.165, 1.54) is 0 Å². The van der Waals surface area contributed by atoms with Crippen LogP contribution < -0.4 is 0 Å². The fourth-order valence-electron chi connectivity index (χ4n) is 3.63. The van der Waals surface area contributed by atoms with Crippen molar-refractivity contribution in [2.24, 2.45) is 5.92 Å². The molecule has 0 bridgehead atoms. The average Bonchev–Trinajstić information content (AvgIpc) is 3.26. The van der Waals surface area contributed by atoms with E-state index in [9.17, 15) is 14.7 Å². The molecule has 0 radical (unpaired) electrons. The second-order valence-corrected chi connectivity index (χ2v) is 6.77. The number of hydrogen-bond acceptors (Lipinski definition) is 3. The molecule has 26 heavy (non-hydrogen) atoms. The summed E-state index contributed by atoms with van der Waals surface area (Å²) in [7, 11) is 0. The number of carbonyl (C=O) groups excluding carboxylic acids is 1. The minimum atomic E-state index is -0.875. The number of aliphatic carboxylic acids is 1. The topological polar surface area (TPSA) is 74.9 Å². The van der Waals surface area contributed by atoms with Crippen molar-refractivity contribution in [2.75, 3.05) is 13.1 Å². The number of pyridine rings is 1. The lowest BCUT2D eigenvalue weighted by molar-refractivity contribution is -0.141. The molecule has 1 fully saturated rings. The van der Waals surface area contributed by atoms with E-state index in [4.69, 9.17) is 0 Å². The Hall–Kier alpha value is -3.15. The van der Waals surface area contributed by atoms with Crippen LogP contribution in [0.4, 0.5) is 0 Å². The van der Waals surface area contributed by atoms with E-state index < -0.39 is 11.9 Å². The Labute approximate surface area is 150 Å². The van der Waals surface area contributed by atoms with Gasteiger partial charge in [0.05, 0.1) is 5.92 Å². The van der Waals surface area contributed by atoms with E-state index in [0.717, 1.165) is 11.1 Å². The lowest BCUT2D eigenvalue weighted by Gasteiger charge is -2.15. The van der Waals surface area contributed by atoms with Crippen molar-refractivity contribution in [1.82, 2.24) is 14.3 Å². The van der Waals surface area contributed by atoms with Gasteiger partial charge in [-0.15, -0.1) is 0 Å². The standard InChI is InChI=1S/C20H19N3O3/c1-13-7-8-18-21-17(12-22(18)9-13)19(24)23-10-15(16(11-23)20(25)26)14-5-3-2-4-6-14/h2-9,12,15-16H,10-11H2,1H3,(H,25,26)/t15-,16+/m0/s1. The van der Waals surface area contributed by atoms with E-state index in [1.54, 1.807) is 11.1 Å². The molecule has 0 unspecified atom stereocenters. The summed E-state index contributed by atoms with van der Waals surface area (Å²) in [5, 5.41) is 9.60. The Bertz CT molecular complexity index is 980. The van der Waals surface area contributed by atoms with Gasteiger partial charge < -0.3 is 14.4 Å². The summed E-state index contributed by atoms with van der Waals surface area (Å²) in [6.07, 6.45) is 3.62. The summed E-state index contributed by atoms with van der Waals surface area (Å²) < 4.78 is 1.82. The third-order valence-corrected chi connectivity index (χ3v) is 4.97. The summed E-state index contributed by atoms with van der Waals surface area (Å²) in [5.74, 6) is -1.92. The molecule has 1 aromatic carbocycles. The molecule has 1 saturated heterocycles. The number of carboxylic acids is 1. The van der Waals surface area contributed by atoms with Gasteiger partial charge in [0.2, 0.25) is 0 Å². The Morgan fingerprint density at radius 1 is 1.08 bits per heavy atom. The van der Waals surface area contributed by atoms with Gasteiger partial charge in [0.25, 0.3) is 5.91 Å². The predicted octanol–water partition coefficient (Wildman–Crippen LogP) is 2.58. The molecular formula is C20H19N3O3. The van der Waals surface area contributed by atoms with Gasteiger partial charge in [-0.25, -0.2) is 4.98 Å². The first-order valence-electron chi connectivity index (χ1n) is 8.55. The van der Waals surface area contributed by atoms with Gasteiger partial charge in [-0.05, 0) is 24.1 Å². The van der Waals surface area contributed by atoms with Crippen molar-refractivity contribution in [3.05, 3.63) is 71.7 Å². The van der Waals surface area contributed by atoms with Crippen molar-refractivity contribution in [2.45, 2.75) is 12.8 Å². The molecule has 0 saturated carbocycles. The first-order chi connectivity index (χ1) is 12.5. The van der Waals surface area contributed by atoms with Crippen molar-refractivity contribution in [1.29, 1.82) is 0 Å². The van der Waals surface area contributed by atoms with E-state index in [2.05, 4.69) is 4.98 Å². The molecule has 2 atom stereocenters. The lowest BCUT2D eigenvalue weighted by Crippen LogP contribution is -2.30. The molecule has 1 amide bonds. The highest BCUT2D eigenvalue weighted by molar-refractivity contribution is 5.93. The largest absolute Gasteiger partial charge is 0.481 e. The maximum Gasteiger partial charge on any atom is 0.308 e. The number of carboxylic acid groups (broad SMARTS) is 1. The van der Waals surface area contributed by atoms with Crippen LogP contribution in [-0.2, 0) is 4.79 Å². The monoisotopic (exact) mass is 349 g/mol. The molecule has 6 heteroatoms. The number of nitrogens with zero attached hydrogens (tertiary/aromatic N) is 3. The van der Waals surface area contributed by atoms with Crippen LogP contribution in [0.5, 0.6) is 0 Å². The number of imidazole rings is 1. The van der Waals surface area contributed by atoms with Gasteiger partial charge in [-0.2, -0.15) is 0 Å². The smallest absolute Gasteiger partial charge is 0.308 e. The summed E-state index contributed by atoms with van der Waals surface area (Å²) in [5.41, 5.74) is 3.06. The number of benzene rings is 1. The van der Waals surface area contributed by atoms with Crippen LogP contribution in [0.15, 0.2) is 54.9 Å². The van der Waals surface area contributed by atoms with E-state index in [-0.39, 0.29) is 18.4 Å². The number of rotatable bonds is 3. The van der Waals surface area contributed by atoms with Crippen LogP contribution >= 0.6 is 0 Å². The van der Waals surface area contributed by atoms with Gasteiger partial charge in [-0.3, -0.25) is 9.59 Å². The fraction of sp³-hybridized carbons (Fsp3) is 0.250. The van der Waals surface area contributed by atoms with Gasteiger partial charge in [0.15, 0.2) is 0 Å². The fourth-order valence-corrected chi connectivity index (χ4v) is 3.63. The zero-order valence-electron chi connectivity index (χ0n) is 14.4. The molecule has 6 nitrogen and oxygen atoms in total. The Balaban J connectivity index is 1.62. The molecule has 1 aliphatic heterocycles. The Morgan fingerprint density at radius 2 is 1.85 bits per heavy atom. The summed E-state index contributed by atoms with van der Waals surface area (Å²) in [6.45, 7) is 2.55. The highest BCUT2D eigenvalue weighted by atomic mass is 16.4. The van der Waals surface area contributed by atoms with Crippen LogP contribution in [-0.4, -0.2) is 44.4 Å². The number of fused-ring (bicyclic) bond motifs is 1. The lowest BCUT2D eigenvalue weighted by atomic mass is 9.89. The molecule has 132 valence electrons. The van der Waals surface area contributed by atoms with E-state index >= 15 is 0 Å². The third kappa shape index (κ3) is 2.83. The predicted molar refractivity (Wildman–Crippen MR) is 96.1 cm³/mol. The minimum Gasteiger partial charge on any atom is -0.481 e. The minimum absolute atomic E-state index is 0.195. The molecule has 3 aromatic rings. The van der Waals surface area contributed by atoms with Gasteiger partial charge in [0, 0.05) is 31.4 Å². The van der Waals surface area contributed by atoms with Crippen molar-refractivity contribution in [3.63, 3.8) is 0 Å². The number of amides is 1. The molecule has 4 rings (SSSR count). The maximum atomic E-state index is 12.9. The molecule has 3 heterocycles. The van der Waals surface area contributed by atoms with Crippen molar-refractivity contribution >= 4 is 17.5 Å². The van der Waals surface area contributed by atoms with Crippen molar-refractivity contribution < 1.29 is 14.7 Å². The normalized spacial score (nSPS) is 19.8. The number of aryl methyl sites for hydroxylation is 1. The van der Waals surface area contributed by atoms with Crippen LogP contribution in [0.2, 0.25) is 0 Å². The second kappa shape index (κ2) is 6.29. The average molecular weight is 349 g/mol. The number of carbonyl (C=O) groups is 2. The molecule has 1 aliphatic rings. The van der Waals surface area contributed by atoms with Crippen LogP contribution in [0.1, 0.15) is 27.5 Å². The quantitative estimate of drug-likeness (QED) is 0.789. The summed E-state index contributed by atoms with van der Waals surface area (Å²) >= 11 is 0. The molecular weight excluding hydrogens is 330 g/mol. The third-order valence-electron chi connectivity index (χ3n) is 4.97. The molecule has 1 N–H and O–H groups in total. The van der Waals surface area contributed by atoms with Gasteiger partial charge in [-0.1, -0.05) is 36.4 Å². The van der Waals surface area contributed by atoms with Crippen LogP contribution in [0.3, 0.4) is 0 Å². The zero-order chi connectivity index (χ0) is 18.3. The van der Waals surface area contributed by atoms with Gasteiger partial charge in [0.1, 0.15) is 11.3 Å². The summed E-state index contributed by atoms with van der Waals surface area (Å²) in [6, 6.07) is 13.3. The Kier molecular flexibility index (Phi) is 3.95. The SMILES string of the molecule is Cc1ccc2nc(C(=O)N3C[C@@H](C(=O)O)[C@H](c4ccccc4)C3)cn2c1. The Morgan fingerprint density at radius 3 is 2.58 bits per heavy atom. The first-order valence-corrected chi connectivity index (χ1v) is 8.55. The second-order valence-electron chi connectivity index (χ2n) is 6.77. The van der Waals surface area contributed by atoms with Crippen LogP contribution in [0, 0.1) is 12.8 Å². The maximum absolute atomic E-state index is 12.9. The zero-order valence-corrected chi connectivity index (χ0v) is 14.4. The highest BCUT2D eigenvalue weighted by Gasteiger charge is 2.41. The highest BCUT2D eigenvalue weighted by Crippen LogP contribution is 2.33. The van der Waals surface area contributed by atoms with E-state index in [1.807, 2.05) is 60.0 Å². The number of aromatic nitrogens is 2.